The van der Waals surface area contributed by atoms with Crippen LogP contribution < -0.4 is 10.6 Å². The Kier molecular flexibility index (Phi) is 4.21. The number of fused-ring (bicyclic) bond motifs is 1. The van der Waals surface area contributed by atoms with Crippen molar-refractivity contribution in [3.63, 3.8) is 0 Å². The summed E-state index contributed by atoms with van der Waals surface area (Å²) < 4.78 is 0. The normalized spacial score (nSPS) is 31.5. The highest BCUT2D eigenvalue weighted by Gasteiger charge is 2.49. The molecule has 0 spiro atoms. The van der Waals surface area contributed by atoms with Crippen molar-refractivity contribution in [3.8, 4) is 0 Å². The van der Waals surface area contributed by atoms with Gasteiger partial charge in [0.15, 0.2) is 0 Å². The molecule has 2 fully saturated rings. The first-order valence-corrected chi connectivity index (χ1v) is 7.57. The summed E-state index contributed by atoms with van der Waals surface area (Å²) in [4.78, 5) is 14.5. The summed E-state index contributed by atoms with van der Waals surface area (Å²) in [5, 5.41) is 6.59. The quantitative estimate of drug-likeness (QED) is 0.801. The Bertz CT molecular complexity index is 340. The molecule has 0 aromatic rings. The number of likely N-dealkylation sites (tertiary alicyclic amines) is 1. The number of carbonyl (C=O) groups is 1. The molecule has 0 bridgehead atoms. The summed E-state index contributed by atoms with van der Waals surface area (Å²) in [7, 11) is 0. The van der Waals surface area contributed by atoms with E-state index < -0.39 is 0 Å². The molecule has 0 aliphatic carbocycles. The average molecular weight is 267 g/mol. The highest BCUT2D eigenvalue weighted by molar-refractivity contribution is 5.78. The summed E-state index contributed by atoms with van der Waals surface area (Å²) in [6, 6.07) is 0.249. The molecular formula is C15H29N3O. The second kappa shape index (κ2) is 5.41. The molecule has 0 saturated carbocycles. The first-order valence-electron chi connectivity index (χ1n) is 7.57. The maximum absolute atomic E-state index is 12.2. The van der Waals surface area contributed by atoms with E-state index >= 15 is 0 Å². The number of nitrogens with one attached hydrogen (secondary N) is 2. The second-order valence-corrected chi connectivity index (χ2v) is 7.16. The van der Waals surface area contributed by atoms with Crippen molar-refractivity contribution >= 4 is 5.91 Å². The minimum atomic E-state index is 0.132. The SMILES string of the molecule is CC(C)C(C)NC(=O)CN1CC2CNCC2C1(C)C. The number of hydrogen-bond acceptors (Lipinski definition) is 3. The van der Waals surface area contributed by atoms with Crippen molar-refractivity contribution in [2.24, 2.45) is 17.8 Å². The Balaban J connectivity index is 1.91. The van der Waals surface area contributed by atoms with E-state index in [4.69, 9.17) is 0 Å². The second-order valence-electron chi connectivity index (χ2n) is 7.16. The maximum Gasteiger partial charge on any atom is 0.234 e. The monoisotopic (exact) mass is 267 g/mol. The summed E-state index contributed by atoms with van der Waals surface area (Å²) in [5.41, 5.74) is 0.132. The number of hydrogen-bond donors (Lipinski definition) is 2. The Morgan fingerprint density at radius 3 is 2.63 bits per heavy atom. The topological polar surface area (TPSA) is 44.4 Å². The van der Waals surface area contributed by atoms with E-state index in [0.717, 1.165) is 19.6 Å². The molecule has 0 radical (unpaired) electrons. The maximum atomic E-state index is 12.2. The van der Waals surface area contributed by atoms with Gasteiger partial charge in [-0.1, -0.05) is 13.8 Å². The Morgan fingerprint density at radius 1 is 1.37 bits per heavy atom. The molecule has 3 unspecified atom stereocenters. The van der Waals surface area contributed by atoms with Gasteiger partial charge in [-0.2, -0.15) is 0 Å². The smallest absolute Gasteiger partial charge is 0.234 e. The van der Waals surface area contributed by atoms with Gasteiger partial charge in [-0.25, -0.2) is 0 Å². The van der Waals surface area contributed by atoms with Crippen LogP contribution in [0.3, 0.4) is 0 Å². The van der Waals surface area contributed by atoms with Gasteiger partial charge in [0.25, 0.3) is 0 Å². The fourth-order valence-electron chi connectivity index (χ4n) is 3.41. The predicted octanol–water partition coefficient (Wildman–Crippen LogP) is 1.08. The molecule has 110 valence electrons. The third kappa shape index (κ3) is 2.95. The zero-order valence-electron chi connectivity index (χ0n) is 13.0. The lowest BCUT2D eigenvalue weighted by atomic mass is 9.85. The van der Waals surface area contributed by atoms with E-state index in [1.54, 1.807) is 0 Å². The third-order valence-corrected chi connectivity index (χ3v) is 5.24. The fourth-order valence-corrected chi connectivity index (χ4v) is 3.41. The van der Waals surface area contributed by atoms with Gasteiger partial charge in [0.1, 0.15) is 0 Å². The molecule has 2 rings (SSSR count). The van der Waals surface area contributed by atoms with E-state index in [1.807, 2.05) is 0 Å². The van der Waals surface area contributed by atoms with Gasteiger partial charge in [-0.3, -0.25) is 9.69 Å². The lowest BCUT2D eigenvalue weighted by Crippen LogP contribution is -2.50. The standard InChI is InChI=1S/C15H29N3O/c1-10(2)11(3)17-14(19)9-18-8-12-6-16-7-13(12)15(18,4)5/h10-13,16H,6-9H2,1-5H3,(H,17,19). The molecule has 1 amide bonds. The predicted molar refractivity (Wildman–Crippen MR) is 77.9 cm³/mol. The minimum absolute atomic E-state index is 0.132. The van der Waals surface area contributed by atoms with Crippen LogP contribution in [0.4, 0.5) is 0 Å². The van der Waals surface area contributed by atoms with E-state index in [2.05, 4.69) is 50.2 Å². The van der Waals surface area contributed by atoms with Gasteiger partial charge in [0, 0.05) is 24.7 Å². The van der Waals surface area contributed by atoms with Gasteiger partial charge < -0.3 is 10.6 Å². The van der Waals surface area contributed by atoms with Crippen molar-refractivity contribution in [1.82, 2.24) is 15.5 Å². The van der Waals surface area contributed by atoms with Crippen molar-refractivity contribution in [1.29, 1.82) is 0 Å². The molecule has 2 saturated heterocycles. The van der Waals surface area contributed by atoms with E-state index in [1.165, 1.54) is 0 Å². The molecule has 3 atom stereocenters. The Morgan fingerprint density at radius 2 is 2.05 bits per heavy atom. The van der Waals surface area contributed by atoms with Gasteiger partial charge in [-0.05, 0) is 45.1 Å². The van der Waals surface area contributed by atoms with Crippen LogP contribution in [0.2, 0.25) is 0 Å². The lowest BCUT2D eigenvalue weighted by molar-refractivity contribution is -0.124. The molecule has 0 aromatic carbocycles. The van der Waals surface area contributed by atoms with E-state index in [0.29, 0.717) is 24.3 Å². The molecule has 2 aliphatic rings. The van der Waals surface area contributed by atoms with Crippen LogP contribution in [-0.2, 0) is 4.79 Å². The number of rotatable bonds is 4. The van der Waals surface area contributed by atoms with E-state index in [9.17, 15) is 4.79 Å². The van der Waals surface area contributed by atoms with Crippen LogP contribution in [0.1, 0.15) is 34.6 Å². The number of nitrogens with zero attached hydrogens (tertiary/aromatic N) is 1. The van der Waals surface area contributed by atoms with Gasteiger partial charge in [0.2, 0.25) is 5.91 Å². The molecule has 2 heterocycles. The van der Waals surface area contributed by atoms with Crippen LogP contribution in [0.25, 0.3) is 0 Å². The molecule has 2 aliphatic heterocycles. The highest BCUT2D eigenvalue weighted by Crippen LogP contribution is 2.40. The van der Waals surface area contributed by atoms with Crippen LogP contribution in [-0.4, -0.2) is 48.6 Å². The summed E-state index contributed by atoms with van der Waals surface area (Å²) in [6.07, 6.45) is 0. The van der Waals surface area contributed by atoms with Gasteiger partial charge >= 0.3 is 0 Å². The van der Waals surface area contributed by atoms with Crippen LogP contribution in [0.5, 0.6) is 0 Å². The van der Waals surface area contributed by atoms with Gasteiger partial charge in [-0.15, -0.1) is 0 Å². The van der Waals surface area contributed by atoms with Gasteiger partial charge in [0.05, 0.1) is 6.54 Å². The van der Waals surface area contributed by atoms with Crippen LogP contribution in [0, 0.1) is 17.8 Å². The summed E-state index contributed by atoms with van der Waals surface area (Å²) in [6.45, 7) is 14.7. The Labute approximate surface area is 117 Å². The molecule has 2 N–H and O–H groups in total. The fraction of sp³-hybridized carbons (Fsp3) is 0.933. The van der Waals surface area contributed by atoms with Crippen LogP contribution in [0.15, 0.2) is 0 Å². The highest BCUT2D eigenvalue weighted by atomic mass is 16.2. The molecule has 0 aromatic heterocycles. The zero-order valence-corrected chi connectivity index (χ0v) is 13.0. The largest absolute Gasteiger partial charge is 0.352 e. The van der Waals surface area contributed by atoms with Crippen molar-refractivity contribution < 1.29 is 4.79 Å². The molecule has 4 nitrogen and oxygen atoms in total. The minimum Gasteiger partial charge on any atom is -0.352 e. The van der Waals surface area contributed by atoms with Crippen molar-refractivity contribution in [2.45, 2.75) is 46.2 Å². The zero-order chi connectivity index (χ0) is 14.2. The lowest BCUT2D eigenvalue weighted by Gasteiger charge is -2.35. The van der Waals surface area contributed by atoms with Crippen molar-refractivity contribution in [3.05, 3.63) is 0 Å². The van der Waals surface area contributed by atoms with E-state index in [-0.39, 0.29) is 17.5 Å². The first-order chi connectivity index (χ1) is 8.82. The summed E-state index contributed by atoms with van der Waals surface area (Å²) >= 11 is 0. The molecule has 19 heavy (non-hydrogen) atoms. The van der Waals surface area contributed by atoms with Crippen molar-refractivity contribution in [2.75, 3.05) is 26.2 Å². The number of carbonyl (C=O) groups excluding carboxylic acids is 1. The number of amides is 1. The average Bonchev–Trinajstić information content (AvgIpc) is 2.83. The van der Waals surface area contributed by atoms with Crippen LogP contribution >= 0.6 is 0 Å². The first kappa shape index (κ1) is 14.8. The summed E-state index contributed by atoms with van der Waals surface area (Å²) in [5.74, 6) is 2.05. The molecular weight excluding hydrogens is 238 g/mol. The third-order valence-electron chi connectivity index (χ3n) is 5.24. The molecule has 4 heteroatoms. The Hall–Kier alpha value is -0.610.